The van der Waals surface area contributed by atoms with Crippen LogP contribution in [0.5, 0.6) is 0 Å². The van der Waals surface area contributed by atoms with Crippen molar-refractivity contribution >= 4 is 54.1 Å². The Bertz CT molecular complexity index is 3220. The van der Waals surface area contributed by atoms with Gasteiger partial charge in [-0.25, -0.2) is 15.0 Å². The van der Waals surface area contributed by atoms with Crippen molar-refractivity contribution in [1.29, 1.82) is 0 Å². The van der Waals surface area contributed by atoms with Gasteiger partial charge in [0.1, 0.15) is 0 Å². The Balaban J connectivity index is 1.23. The molecular weight excluding hydrogens is 669 g/mol. The van der Waals surface area contributed by atoms with Gasteiger partial charge >= 0.3 is 0 Å². The van der Waals surface area contributed by atoms with Crippen molar-refractivity contribution in [3.8, 4) is 51.0 Å². The minimum atomic E-state index is 0.638. The summed E-state index contributed by atoms with van der Waals surface area (Å²) in [6.07, 6.45) is 0. The molecule has 4 nitrogen and oxygen atoms in total. The van der Waals surface area contributed by atoms with Crippen molar-refractivity contribution in [2.75, 3.05) is 0 Å². The smallest absolute Gasteiger partial charge is 0.164 e. The quantitative estimate of drug-likeness (QED) is 0.168. The summed E-state index contributed by atoms with van der Waals surface area (Å²) < 4.78 is 2.43. The lowest BCUT2D eigenvalue weighted by Crippen LogP contribution is -2.01. The topological polar surface area (TPSA) is 43.6 Å². The standard InChI is InChI=1S/C51H32N4/c1-4-16-33(17-5-1)34-28-30-36(31-29-34)50-52-49(35-18-6-2-7-19-35)53-51(54-50)44-32-43-39-23-11-13-25-41(39)48-47(46(43)40-24-12-10-22-38(40)44)42-26-14-15-27-45(42)55(48)37-20-8-3-9-21-37/h1-32H. The Morgan fingerprint density at radius 3 is 1.47 bits per heavy atom. The number of hydrogen-bond donors (Lipinski definition) is 0. The van der Waals surface area contributed by atoms with Gasteiger partial charge in [-0.05, 0) is 56.9 Å². The zero-order valence-corrected chi connectivity index (χ0v) is 29.8. The van der Waals surface area contributed by atoms with E-state index in [4.69, 9.17) is 15.0 Å². The molecule has 2 heterocycles. The maximum atomic E-state index is 5.27. The third-order valence-corrected chi connectivity index (χ3v) is 10.8. The van der Waals surface area contributed by atoms with Gasteiger partial charge in [0.25, 0.3) is 0 Å². The molecule has 0 aliphatic heterocycles. The van der Waals surface area contributed by atoms with Crippen LogP contribution in [-0.2, 0) is 0 Å². The van der Waals surface area contributed by atoms with Gasteiger partial charge in [0.15, 0.2) is 17.5 Å². The fraction of sp³-hybridized carbons (Fsp3) is 0. The summed E-state index contributed by atoms with van der Waals surface area (Å²) in [4.78, 5) is 15.6. The number of benzene rings is 9. The van der Waals surface area contributed by atoms with Crippen LogP contribution in [0.3, 0.4) is 0 Å². The highest BCUT2D eigenvalue weighted by molar-refractivity contribution is 6.37. The number of nitrogens with zero attached hydrogens (tertiary/aromatic N) is 4. The summed E-state index contributed by atoms with van der Waals surface area (Å²) in [5, 5.41) is 9.52. The third kappa shape index (κ3) is 5.03. The predicted molar refractivity (Wildman–Crippen MR) is 228 cm³/mol. The zero-order valence-electron chi connectivity index (χ0n) is 29.8. The van der Waals surface area contributed by atoms with Crippen molar-refractivity contribution in [2.24, 2.45) is 0 Å². The highest BCUT2D eigenvalue weighted by Gasteiger charge is 2.23. The molecule has 2 aromatic heterocycles. The molecule has 0 spiro atoms. The maximum absolute atomic E-state index is 5.27. The van der Waals surface area contributed by atoms with E-state index in [1.54, 1.807) is 0 Å². The van der Waals surface area contributed by atoms with Crippen LogP contribution in [0.15, 0.2) is 194 Å². The largest absolute Gasteiger partial charge is 0.309 e. The van der Waals surface area contributed by atoms with Gasteiger partial charge in [-0.2, -0.15) is 0 Å². The van der Waals surface area contributed by atoms with E-state index >= 15 is 0 Å². The summed E-state index contributed by atoms with van der Waals surface area (Å²) >= 11 is 0. The van der Waals surface area contributed by atoms with Crippen LogP contribution in [0.25, 0.3) is 105 Å². The molecule has 0 fully saturated rings. The monoisotopic (exact) mass is 700 g/mol. The minimum absolute atomic E-state index is 0.638. The summed E-state index contributed by atoms with van der Waals surface area (Å²) in [6.45, 7) is 0. The molecule has 0 aliphatic carbocycles. The molecule has 0 atom stereocenters. The lowest BCUT2D eigenvalue weighted by molar-refractivity contribution is 1.08. The van der Waals surface area contributed by atoms with Gasteiger partial charge in [-0.1, -0.05) is 170 Å². The predicted octanol–water partition coefficient (Wildman–Crippen LogP) is 13.1. The molecule has 9 aromatic carbocycles. The molecule has 0 unspecified atom stereocenters. The van der Waals surface area contributed by atoms with Crippen LogP contribution < -0.4 is 0 Å². The van der Waals surface area contributed by atoms with Crippen molar-refractivity contribution in [3.63, 3.8) is 0 Å². The van der Waals surface area contributed by atoms with Crippen LogP contribution in [0, 0.1) is 0 Å². The van der Waals surface area contributed by atoms with Crippen molar-refractivity contribution in [3.05, 3.63) is 194 Å². The minimum Gasteiger partial charge on any atom is -0.309 e. The fourth-order valence-electron chi connectivity index (χ4n) is 8.34. The highest BCUT2D eigenvalue weighted by atomic mass is 15.0. The second-order valence-electron chi connectivity index (χ2n) is 14.0. The van der Waals surface area contributed by atoms with Gasteiger partial charge in [0.05, 0.1) is 11.0 Å². The van der Waals surface area contributed by atoms with E-state index in [1.807, 2.05) is 24.3 Å². The van der Waals surface area contributed by atoms with E-state index in [-0.39, 0.29) is 0 Å². The van der Waals surface area contributed by atoms with E-state index in [1.165, 1.54) is 48.9 Å². The third-order valence-electron chi connectivity index (χ3n) is 10.8. The number of aromatic nitrogens is 4. The molecule has 0 radical (unpaired) electrons. The molecule has 11 rings (SSSR count). The van der Waals surface area contributed by atoms with Crippen LogP contribution in [-0.4, -0.2) is 19.5 Å². The highest BCUT2D eigenvalue weighted by Crippen LogP contribution is 2.46. The zero-order chi connectivity index (χ0) is 36.3. The number of fused-ring (bicyclic) bond motifs is 10. The molecule has 55 heavy (non-hydrogen) atoms. The number of rotatable bonds is 5. The molecule has 4 heteroatoms. The number of para-hydroxylation sites is 2. The molecule has 0 N–H and O–H groups in total. The Morgan fingerprint density at radius 2 is 0.782 bits per heavy atom. The van der Waals surface area contributed by atoms with Crippen molar-refractivity contribution < 1.29 is 0 Å². The van der Waals surface area contributed by atoms with E-state index < -0.39 is 0 Å². The summed E-state index contributed by atoms with van der Waals surface area (Å²) in [6, 6.07) is 68.5. The first kappa shape index (κ1) is 31.1. The second kappa shape index (κ2) is 12.6. The molecule has 0 saturated heterocycles. The van der Waals surface area contributed by atoms with E-state index in [2.05, 4.69) is 174 Å². The first-order valence-corrected chi connectivity index (χ1v) is 18.6. The fourth-order valence-corrected chi connectivity index (χ4v) is 8.34. The molecule has 256 valence electrons. The first-order valence-electron chi connectivity index (χ1n) is 18.6. The molecule has 0 amide bonds. The summed E-state index contributed by atoms with van der Waals surface area (Å²) in [5.41, 5.74) is 8.71. The molecule has 0 aliphatic rings. The Hall–Kier alpha value is -7.43. The molecule has 0 saturated carbocycles. The van der Waals surface area contributed by atoms with Gasteiger partial charge in [0.2, 0.25) is 0 Å². The van der Waals surface area contributed by atoms with Gasteiger partial charge in [-0.3, -0.25) is 0 Å². The average Bonchev–Trinajstić information content (AvgIpc) is 3.62. The van der Waals surface area contributed by atoms with Crippen LogP contribution in [0.4, 0.5) is 0 Å². The van der Waals surface area contributed by atoms with E-state index in [9.17, 15) is 0 Å². The van der Waals surface area contributed by atoms with Crippen LogP contribution in [0.1, 0.15) is 0 Å². The van der Waals surface area contributed by atoms with E-state index in [0.29, 0.717) is 17.5 Å². The number of hydrogen-bond acceptors (Lipinski definition) is 3. The molecular formula is C51H32N4. The lowest BCUT2D eigenvalue weighted by atomic mass is 9.90. The van der Waals surface area contributed by atoms with Crippen molar-refractivity contribution in [1.82, 2.24) is 19.5 Å². The first-order chi connectivity index (χ1) is 27.3. The van der Waals surface area contributed by atoms with Gasteiger partial charge < -0.3 is 4.57 Å². The van der Waals surface area contributed by atoms with Gasteiger partial charge in [0, 0.05) is 43.9 Å². The average molecular weight is 701 g/mol. The van der Waals surface area contributed by atoms with Crippen molar-refractivity contribution in [2.45, 2.75) is 0 Å². The maximum Gasteiger partial charge on any atom is 0.164 e. The summed E-state index contributed by atoms with van der Waals surface area (Å²) in [5.74, 6) is 1.92. The molecule has 11 aromatic rings. The summed E-state index contributed by atoms with van der Waals surface area (Å²) in [7, 11) is 0. The lowest BCUT2D eigenvalue weighted by Gasteiger charge is -2.16. The van der Waals surface area contributed by atoms with Gasteiger partial charge in [-0.15, -0.1) is 0 Å². The normalized spacial score (nSPS) is 11.6. The second-order valence-corrected chi connectivity index (χ2v) is 14.0. The Morgan fingerprint density at radius 1 is 0.309 bits per heavy atom. The SMILES string of the molecule is c1ccc(-c2ccc(-c3nc(-c4ccccc4)nc(-c4cc5c6ccccc6c6c(c7ccccc7n6-c6ccccc6)c5c5ccccc45)n3)cc2)cc1. The Labute approximate surface area is 317 Å². The van der Waals surface area contributed by atoms with E-state index in [0.717, 1.165) is 38.7 Å². The van der Waals surface area contributed by atoms with Crippen LogP contribution in [0.2, 0.25) is 0 Å². The molecule has 0 bridgehead atoms. The Kier molecular flexibility index (Phi) is 7.14. The van der Waals surface area contributed by atoms with Crippen LogP contribution >= 0.6 is 0 Å².